The lowest BCUT2D eigenvalue weighted by Crippen LogP contribution is -2.54. The molecule has 7 heteroatoms. The van der Waals surface area contributed by atoms with Crippen molar-refractivity contribution in [3.63, 3.8) is 0 Å². The SMILES string of the molecule is CCN(CC)C(=O)N1CCN(C(=O)c2ccc3c(c2)CNC3)CC1.Cl. The average Bonchev–Trinajstić information content (AvgIpc) is 3.10. The van der Waals surface area contributed by atoms with E-state index in [1.54, 1.807) is 0 Å². The molecule has 2 heterocycles. The molecule has 3 amide bonds. The number of urea groups is 1. The van der Waals surface area contributed by atoms with Crippen molar-refractivity contribution in [2.24, 2.45) is 0 Å². The highest BCUT2D eigenvalue weighted by molar-refractivity contribution is 5.94. The van der Waals surface area contributed by atoms with Gasteiger partial charge >= 0.3 is 6.03 Å². The molecule has 0 unspecified atom stereocenters. The fourth-order valence-corrected chi connectivity index (χ4v) is 3.41. The van der Waals surface area contributed by atoms with Crippen LogP contribution in [0.4, 0.5) is 4.79 Å². The molecule has 0 bridgehead atoms. The molecule has 25 heavy (non-hydrogen) atoms. The van der Waals surface area contributed by atoms with Crippen LogP contribution in [0, 0.1) is 0 Å². The number of carbonyl (C=O) groups is 2. The molecule has 0 atom stereocenters. The number of nitrogens with one attached hydrogen (secondary N) is 1. The molecule has 0 spiro atoms. The van der Waals surface area contributed by atoms with E-state index in [0.29, 0.717) is 26.2 Å². The van der Waals surface area contributed by atoms with Crippen molar-refractivity contribution >= 4 is 24.3 Å². The Bertz CT molecular complexity index is 626. The molecule has 138 valence electrons. The summed E-state index contributed by atoms with van der Waals surface area (Å²) >= 11 is 0. The van der Waals surface area contributed by atoms with Crippen LogP contribution in [0.1, 0.15) is 35.3 Å². The van der Waals surface area contributed by atoms with E-state index < -0.39 is 0 Å². The average molecular weight is 367 g/mol. The number of benzene rings is 1. The normalized spacial score (nSPS) is 16.2. The Labute approximate surface area is 155 Å². The molecule has 0 aliphatic carbocycles. The minimum atomic E-state index is 0. The van der Waals surface area contributed by atoms with E-state index in [-0.39, 0.29) is 24.3 Å². The van der Waals surface area contributed by atoms with Crippen molar-refractivity contribution in [3.8, 4) is 0 Å². The summed E-state index contributed by atoms with van der Waals surface area (Å²) in [7, 11) is 0. The molecule has 1 aromatic carbocycles. The molecule has 1 saturated heterocycles. The molecule has 3 rings (SSSR count). The summed E-state index contributed by atoms with van der Waals surface area (Å²) in [4.78, 5) is 30.6. The highest BCUT2D eigenvalue weighted by Crippen LogP contribution is 2.19. The monoisotopic (exact) mass is 366 g/mol. The predicted octanol–water partition coefficient (Wildman–Crippen LogP) is 1.93. The number of carbonyl (C=O) groups excluding carboxylic acids is 2. The second kappa shape index (κ2) is 8.54. The Morgan fingerprint density at radius 2 is 1.60 bits per heavy atom. The van der Waals surface area contributed by atoms with E-state index >= 15 is 0 Å². The quantitative estimate of drug-likeness (QED) is 0.889. The molecule has 0 radical (unpaired) electrons. The van der Waals surface area contributed by atoms with Gasteiger partial charge in [-0.2, -0.15) is 0 Å². The lowest BCUT2D eigenvalue weighted by Gasteiger charge is -2.37. The van der Waals surface area contributed by atoms with Crippen LogP contribution >= 0.6 is 12.4 Å². The van der Waals surface area contributed by atoms with Crippen LogP contribution in [0.5, 0.6) is 0 Å². The van der Waals surface area contributed by atoms with E-state index in [4.69, 9.17) is 0 Å². The van der Waals surface area contributed by atoms with Crippen LogP contribution in [0.3, 0.4) is 0 Å². The first kappa shape index (κ1) is 19.5. The minimum Gasteiger partial charge on any atom is -0.335 e. The van der Waals surface area contributed by atoms with Gasteiger partial charge in [0.2, 0.25) is 0 Å². The number of rotatable bonds is 3. The Balaban J connectivity index is 0.00000225. The molecule has 0 aromatic heterocycles. The van der Waals surface area contributed by atoms with Gasteiger partial charge in [-0.3, -0.25) is 4.79 Å². The predicted molar refractivity (Wildman–Crippen MR) is 100 cm³/mol. The van der Waals surface area contributed by atoms with Crippen LogP contribution in [-0.4, -0.2) is 65.9 Å². The van der Waals surface area contributed by atoms with Crippen molar-refractivity contribution in [1.29, 1.82) is 0 Å². The molecule has 1 fully saturated rings. The van der Waals surface area contributed by atoms with E-state index in [2.05, 4.69) is 5.32 Å². The van der Waals surface area contributed by atoms with Crippen LogP contribution in [0.15, 0.2) is 18.2 Å². The fraction of sp³-hybridized carbons (Fsp3) is 0.556. The van der Waals surface area contributed by atoms with Gasteiger partial charge in [-0.25, -0.2) is 4.79 Å². The topological polar surface area (TPSA) is 55.9 Å². The fourth-order valence-electron chi connectivity index (χ4n) is 3.41. The van der Waals surface area contributed by atoms with Gasteiger partial charge in [0.15, 0.2) is 0 Å². The number of piperazine rings is 1. The van der Waals surface area contributed by atoms with E-state index in [1.807, 2.05) is 46.7 Å². The zero-order valence-electron chi connectivity index (χ0n) is 15.0. The molecular weight excluding hydrogens is 340 g/mol. The summed E-state index contributed by atoms with van der Waals surface area (Å²) in [6.45, 7) is 9.55. The van der Waals surface area contributed by atoms with E-state index in [9.17, 15) is 9.59 Å². The first-order chi connectivity index (χ1) is 11.6. The maximum absolute atomic E-state index is 12.7. The maximum Gasteiger partial charge on any atom is 0.320 e. The number of hydrogen-bond acceptors (Lipinski definition) is 3. The van der Waals surface area contributed by atoms with Gasteiger partial charge in [0.1, 0.15) is 0 Å². The molecule has 2 aliphatic heterocycles. The van der Waals surface area contributed by atoms with Crippen molar-refractivity contribution in [3.05, 3.63) is 34.9 Å². The van der Waals surface area contributed by atoms with E-state index in [1.165, 1.54) is 11.1 Å². The zero-order chi connectivity index (χ0) is 17.1. The van der Waals surface area contributed by atoms with Crippen molar-refractivity contribution in [2.75, 3.05) is 39.3 Å². The number of amides is 3. The van der Waals surface area contributed by atoms with Crippen molar-refractivity contribution in [1.82, 2.24) is 20.0 Å². The summed E-state index contributed by atoms with van der Waals surface area (Å²) in [6, 6.07) is 6.05. The number of halogens is 1. The first-order valence-electron chi connectivity index (χ1n) is 8.79. The Morgan fingerprint density at radius 1 is 1.00 bits per heavy atom. The Hall–Kier alpha value is -1.79. The third-order valence-electron chi connectivity index (χ3n) is 4.96. The van der Waals surface area contributed by atoms with Gasteiger partial charge in [-0.1, -0.05) is 6.07 Å². The number of hydrogen-bond donors (Lipinski definition) is 1. The zero-order valence-corrected chi connectivity index (χ0v) is 15.8. The molecule has 6 nitrogen and oxygen atoms in total. The van der Waals surface area contributed by atoms with Crippen LogP contribution < -0.4 is 5.32 Å². The van der Waals surface area contributed by atoms with Gasteiger partial charge in [0.25, 0.3) is 5.91 Å². The molecular formula is C18H27ClN4O2. The largest absolute Gasteiger partial charge is 0.335 e. The highest BCUT2D eigenvalue weighted by Gasteiger charge is 2.27. The summed E-state index contributed by atoms with van der Waals surface area (Å²) in [5.41, 5.74) is 3.25. The van der Waals surface area contributed by atoms with Gasteiger partial charge in [0, 0.05) is 57.9 Å². The summed E-state index contributed by atoms with van der Waals surface area (Å²) in [5.74, 6) is 0.0691. The van der Waals surface area contributed by atoms with Gasteiger partial charge in [-0.15, -0.1) is 12.4 Å². The lowest BCUT2D eigenvalue weighted by atomic mass is 10.1. The van der Waals surface area contributed by atoms with Crippen LogP contribution in [0.2, 0.25) is 0 Å². The first-order valence-corrected chi connectivity index (χ1v) is 8.79. The minimum absolute atomic E-state index is 0. The molecule has 2 aliphatic rings. The van der Waals surface area contributed by atoms with Crippen LogP contribution in [0.25, 0.3) is 0 Å². The smallest absolute Gasteiger partial charge is 0.320 e. The number of fused-ring (bicyclic) bond motifs is 1. The summed E-state index contributed by atoms with van der Waals surface area (Å²) in [5, 5.41) is 3.30. The highest BCUT2D eigenvalue weighted by atomic mass is 35.5. The third kappa shape index (κ3) is 4.07. The Morgan fingerprint density at radius 3 is 2.24 bits per heavy atom. The summed E-state index contributed by atoms with van der Waals surface area (Å²) in [6.07, 6.45) is 0. The number of nitrogens with zero attached hydrogens (tertiary/aromatic N) is 3. The molecule has 1 N–H and O–H groups in total. The van der Waals surface area contributed by atoms with Crippen molar-refractivity contribution < 1.29 is 9.59 Å². The maximum atomic E-state index is 12.7. The lowest BCUT2D eigenvalue weighted by molar-refractivity contribution is 0.0641. The third-order valence-corrected chi connectivity index (χ3v) is 4.96. The summed E-state index contributed by atoms with van der Waals surface area (Å²) < 4.78 is 0. The second-order valence-electron chi connectivity index (χ2n) is 6.32. The Kier molecular flexibility index (Phi) is 6.67. The van der Waals surface area contributed by atoms with Gasteiger partial charge in [-0.05, 0) is 37.1 Å². The standard InChI is InChI=1S/C18H26N4O2.ClH/c1-3-20(4-2)18(24)22-9-7-21(8-10-22)17(23)14-5-6-15-12-19-13-16(15)11-14;/h5-6,11,19H,3-4,7-10,12-13H2,1-2H3;1H. The van der Waals surface area contributed by atoms with Gasteiger partial charge < -0.3 is 20.0 Å². The van der Waals surface area contributed by atoms with Crippen molar-refractivity contribution in [2.45, 2.75) is 26.9 Å². The molecule has 0 saturated carbocycles. The van der Waals surface area contributed by atoms with Gasteiger partial charge in [0.05, 0.1) is 0 Å². The van der Waals surface area contributed by atoms with E-state index in [0.717, 1.165) is 31.7 Å². The van der Waals surface area contributed by atoms with Crippen LogP contribution in [-0.2, 0) is 13.1 Å². The second-order valence-corrected chi connectivity index (χ2v) is 6.32. The molecule has 1 aromatic rings.